The summed E-state index contributed by atoms with van der Waals surface area (Å²) in [6.07, 6.45) is 12.8. The van der Waals surface area contributed by atoms with Crippen LogP contribution < -0.4 is 65.1 Å². The average molecular weight is 1820 g/mol. The van der Waals surface area contributed by atoms with Gasteiger partial charge >= 0.3 is 6.18 Å². The number of aromatic nitrogens is 7. The maximum Gasteiger partial charge on any atom is 0.433 e. The van der Waals surface area contributed by atoms with Gasteiger partial charge in [-0.25, -0.2) is 29.3 Å². The van der Waals surface area contributed by atoms with E-state index in [2.05, 4.69) is 104 Å². The Balaban J connectivity index is 0.000000117. The number of hydrogen-bond acceptors (Lipinski definition) is 24. The van der Waals surface area contributed by atoms with Crippen LogP contribution in [0.1, 0.15) is 88.3 Å². The molecule has 21 rings (SSSR count). The summed E-state index contributed by atoms with van der Waals surface area (Å²) in [6, 6.07) is 45.5. The van der Waals surface area contributed by atoms with Crippen LogP contribution in [0, 0.1) is 101 Å². The first-order valence-corrected chi connectivity index (χ1v) is 44.0. The van der Waals surface area contributed by atoms with Crippen molar-refractivity contribution in [1.29, 1.82) is 15.8 Å². The third-order valence-electron chi connectivity index (χ3n) is 25.5. The van der Waals surface area contributed by atoms with E-state index in [4.69, 9.17) is 49.6 Å². The molecule has 7 aromatic heterocycles. The van der Waals surface area contributed by atoms with Crippen molar-refractivity contribution in [2.24, 2.45) is 58.3 Å². The van der Waals surface area contributed by atoms with Crippen LogP contribution >= 0.6 is 0 Å². The molecule has 1 unspecified atom stereocenters. The fourth-order valence-corrected chi connectivity index (χ4v) is 17.4. The van der Waals surface area contributed by atoms with Gasteiger partial charge in [-0.2, -0.15) is 29.0 Å². The number of nitriles is 3. The lowest BCUT2D eigenvalue weighted by Crippen LogP contribution is -2.30. The second-order valence-corrected chi connectivity index (χ2v) is 35.1. The second-order valence-electron chi connectivity index (χ2n) is 35.1. The zero-order valence-corrected chi connectivity index (χ0v) is 73.5. The summed E-state index contributed by atoms with van der Waals surface area (Å²) >= 11 is 0. The molecule has 0 bridgehead atoms. The van der Waals surface area contributed by atoms with E-state index in [9.17, 15) is 51.1 Å². The number of allylic oxidation sites excluding steroid dienone is 1. The number of fused-ring (bicyclic) bond motifs is 6. The highest BCUT2D eigenvalue weighted by Gasteiger charge is 2.48. The molecule has 10 heterocycles. The number of benzene rings is 6. The van der Waals surface area contributed by atoms with Crippen molar-refractivity contribution in [1.82, 2.24) is 34.9 Å². The van der Waals surface area contributed by atoms with Gasteiger partial charge in [-0.05, 0) is 242 Å². The molecule has 5 aliphatic carbocycles. The number of anilines is 12. The first-order valence-electron chi connectivity index (χ1n) is 44.0. The first kappa shape index (κ1) is 90.7. The molecule has 135 heavy (non-hydrogen) atoms. The van der Waals surface area contributed by atoms with Gasteiger partial charge in [0.2, 0.25) is 41.4 Å². The van der Waals surface area contributed by atoms with E-state index in [1.54, 1.807) is 83.2 Å². The zero-order chi connectivity index (χ0) is 95.3. The number of nitrogens with two attached hydrogens (primary N) is 5. The Kier molecular flexibility index (Phi) is 25.0. The Morgan fingerprint density at radius 1 is 0.467 bits per heavy atom. The topological polar surface area (TPSA) is 510 Å². The highest BCUT2D eigenvalue weighted by Crippen LogP contribution is 2.46. The maximum atomic E-state index is 13.2. The molecule has 35 heteroatoms. The van der Waals surface area contributed by atoms with E-state index in [0.29, 0.717) is 94.5 Å². The third kappa shape index (κ3) is 19.6. The summed E-state index contributed by atoms with van der Waals surface area (Å²) in [5.74, 6) is -1.05. The first-order chi connectivity index (χ1) is 64.8. The fraction of sp³-hybridized carbons (Fsp3) is 0.280. The van der Waals surface area contributed by atoms with E-state index < -0.39 is 24.0 Å². The van der Waals surface area contributed by atoms with Gasteiger partial charge in [0, 0.05) is 159 Å². The number of nitrogens with zero attached hydrogens (tertiary/aromatic N) is 13. The molecule has 6 aromatic carbocycles. The van der Waals surface area contributed by atoms with Gasteiger partial charge in [0.15, 0.2) is 0 Å². The second kappa shape index (κ2) is 37.2. The molecule has 8 aliphatic rings. The van der Waals surface area contributed by atoms with Crippen molar-refractivity contribution in [2.45, 2.75) is 110 Å². The van der Waals surface area contributed by atoms with Crippen LogP contribution in [0.3, 0.4) is 0 Å². The highest BCUT2D eigenvalue weighted by molar-refractivity contribution is 6.28. The maximum absolute atomic E-state index is 13.2. The predicted octanol–water partition coefficient (Wildman–Crippen LogP) is 15.6. The minimum Gasteiger partial charge on any atom is -0.398 e. The number of aliphatic hydroxyl groups excluding tert-OH is 1. The fourth-order valence-electron chi connectivity index (χ4n) is 17.4. The summed E-state index contributed by atoms with van der Waals surface area (Å²) in [5.41, 5.74) is 42.3. The number of aryl methyl sites for hydroxylation is 2. The van der Waals surface area contributed by atoms with Crippen LogP contribution in [0.15, 0.2) is 182 Å². The molecule has 31 nitrogen and oxygen atoms in total. The molecule has 7 fully saturated rings. The summed E-state index contributed by atoms with van der Waals surface area (Å²) < 4.78 is 52.5. The smallest absolute Gasteiger partial charge is 0.398 e. The zero-order valence-electron chi connectivity index (χ0n) is 73.5. The number of nitrogens with one attached hydrogen (secondary N) is 5. The molecular weight excluding hydrogens is 1730 g/mol. The molecule has 12 atom stereocenters. The van der Waals surface area contributed by atoms with Crippen molar-refractivity contribution in [2.75, 3.05) is 78.2 Å². The molecular formula is C100H91F4N23O8. The van der Waals surface area contributed by atoms with E-state index >= 15 is 0 Å². The number of aliphatic hydroxyl groups is 1. The van der Waals surface area contributed by atoms with Gasteiger partial charge in [0.05, 0.1) is 77.2 Å². The normalized spacial score (nSPS) is 21.3. The Morgan fingerprint density at radius 2 is 0.852 bits per heavy atom. The Hall–Kier alpha value is -16.2. The van der Waals surface area contributed by atoms with Crippen LogP contribution in [-0.2, 0) is 33.6 Å². The number of amides is 7. The predicted molar refractivity (Wildman–Crippen MR) is 509 cm³/mol. The van der Waals surface area contributed by atoms with Crippen LogP contribution in [-0.4, -0.2) is 125 Å². The van der Waals surface area contributed by atoms with Gasteiger partial charge in [-0.1, -0.05) is 30.3 Å². The quantitative estimate of drug-likeness (QED) is 0.0316. The summed E-state index contributed by atoms with van der Waals surface area (Å²) in [6.45, 7) is 8.13. The number of hydrogen-bond donors (Lipinski definition) is 11. The molecule has 0 radical (unpaired) electrons. The monoisotopic (exact) mass is 1820 g/mol. The molecule has 0 spiro atoms. The molecule has 16 N–H and O–H groups in total. The Labute approximate surface area is 769 Å². The average Bonchev–Trinajstić information content (AvgIpc) is 1.78. The molecule has 5 saturated carbocycles. The van der Waals surface area contributed by atoms with E-state index in [0.717, 1.165) is 113 Å². The van der Waals surface area contributed by atoms with E-state index in [1.165, 1.54) is 23.9 Å². The van der Waals surface area contributed by atoms with Crippen molar-refractivity contribution >= 4 is 186 Å². The lowest BCUT2D eigenvalue weighted by Gasteiger charge is -2.23. The van der Waals surface area contributed by atoms with E-state index in [1.807, 2.05) is 93.7 Å². The minimum absolute atomic E-state index is 0.0154. The standard InChI is InChI=1S/C23H18N6O.C21H21N3O2.C19H14F3N5O.C19H19N5O2.C18H19FN4O2/c1-12-17(10-27-20-3-2-4-26-22(12)20)13-5-14-8-21(28-11-18(14)19(25)7-13)29-23(30)16-6-15(16)9-24;1-12-4-2-3-5-16(12)13-6-14-9-20(23-10-18(14)19(22)8-13)24-21(26)17-7-15(17)11-25;20-19(21,22)17-12(1-2-25-17)9-3-10-6-16(26-8-14(10)15(24)5-9)27-18(28)13-4-11(13)7-23;1-10-2-3-18(25)24(10)13-4-11-6-17(22-9-15(11)16(21)7-13)23-19(26)14-5-12(14)8-20;1-9-2-3-17(24)23(9)11-4-10-5-16(21-8-13(10)15(20)6-11)22-18(25)12-7-14(12)19/h2-5,7-8,10-11,15-16H,6,25H2,1H3,(H,28,29,30);2-6,8-10,15,17,25H,7,11,22H2,1H3,(H,23,24,26);1,3,5-6,8,11,13H,2,4,24H2,(H,26,27,28);4,6-7,9-10,12,14H,2-3,5,21H2,1H3,(H,22,23,26);4-6,8-9,12,14H,2-3,7,20H2,1H3,(H,21,22,25)/t15-,16+;15-,17+;11-,13+;10-,12+,14-;9?,12-,14+/m01011/s1. The van der Waals surface area contributed by atoms with Gasteiger partial charge in [-0.15, -0.1) is 0 Å². The lowest BCUT2D eigenvalue weighted by molar-refractivity contribution is -0.118. The van der Waals surface area contributed by atoms with Gasteiger partial charge < -0.3 is 70.2 Å². The third-order valence-corrected chi connectivity index (χ3v) is 25.5. The molecule has 7 amide bonds. The molecule has 3 aliphatic heterocycles. The molecule has 682 valence electrons. The summed E-state index contributed by atoms with van der Waals surface area (Å²) in [7, 11) is 0. The van der Waals surface area contributed by atoms with Crippen LogP contribution in [0.5, 0.6) is 0 Å². The highest BCUT2D eigenvalue weighted by atomic mass is 19.4. The van der Waals surface area contributed by atoms with Gasteiger partial charge in [0.25, 0.3) is 0 Å². The number of pyridine rings is 7. The Morgan fingerprint density at radius 3 is 1.23 bits per heavy atom. The molecule has 13 aromatic rings. The van der Waals surface area contributed by atoms with Gasteiger partial charge in [0.1, 0.15) is 41.0 Å². The van der Waals surface area contributed by atoms with Crippen molar-refractivity contribution in [3.63, 3.8) is 0 Å². The van der Waals surface area contributed by atoms with Crippen LogP contribution in [0.4, 0.5) is 86.5 Å². The van der Waals surface area contributed by atoms with Gasteiger partial charge in [-0.3, -0.25) is 48.5 Å². The summed E-state index contributed by atoms with van der Waals surface area (Å²) in [5, 5.41) is 57.1. The number of halogens is 4. The minimum atomic E-state index is -4.55. The van der Waals surface area contributed by atoms with E-state index in [-0.39, 0.29) is 137 Å². The summed E-state index contributed by atoms with van der Waals surface area (Å²) in [4.78, 5) is 122. The number of carbonyl (C=O) groups is 7. The number of aliphatic imine (C=N–C) groups is 1. The largest absolute Gasteiger partial charge is 0.433 e. The SMILES string of the molecule is CC1CCC(=O)N1c1cc(N)c2cnc(NC(=O)[C@@H]3C[C@@H]3F)cc2c1.C[C@@H]1CCC(=O)N1c1cc(N)c2cnc(NC(=O)[C@@H]3C[C@H]3C#N)cc2c1.Cc1c(-c2cc(N)c3cnc(NC(=O)[C@@H]4C[C@H]4C#N)cc3c2)cnc2cccnc12.Cc1ccccc1-c1cc(N)c2cnc(NC(=O)[C@H]3C[C@@H]3CO)cc2c1.N#C[C@@H]1C[C@H]1C(=O)Nc1cc2cc(C3=CCN=C3C(F)(F)F)cc(N)c2cn1. The van der Waals surface area contributed by atoms with Crippen molar-refractivity contribution < 1.29 is 56.2 Å². The van der Waals surface area contributed by atoms with Crippen molar-refractivity contribution in [3.05, 3.63) is 194 Å². The van der Waals surface area contributed by atoms with Crippen LogP contribution in [0.25, 0.3) is 92.7 Å². The molecule has 2 saturated heterocycles. The number of carbonyl (C=O) groups excluding carboxylic acids is 7. The number of rotatable bonds is 16. The number of alkyl halides is 4. The van der Waals surface area contributed by atoms with Crippen LogP contribution in [0.2, 0.25) is 0 Å². The van der Waals surface area contributed by atoms with Crippen molar-refractivity contribution in [3.8, 4) is 40.5 Å². The number of nitrogen functional groups attached to an aromatic ring is 5. The lowest BCUT2D eigenvalue weighted by atomic mass is 9.97. The Bertz CT molecular complexity index is 7300.